The number of hydrogen-bond acceptors (Lipinski definition) is 3. The molecule has 0 radical (unpaired) electrons. The predicted octanol–water partition coefficient (Wildman–Crippen LogP) is 2.96. The van der Waals surface area contributed by atoms with Crippen LogP contribution in [0.15, 0.2) is 52.4 Å². The molecule has 0 heterocycles. The molecule has 4 heteroatoms. The van der Waals surface area contributed by atoms with Crippen LogP contribution in [0.4, 0.5) is 5.69 Å². The van der Waals surface area contributed by atoms with Gasteiger partial charge in [-0.1, -0.05) is 24.3 Å². The highest BCUT2D eigenvalue weighted by Gasteiger charge is 2.18. The van der Waals surface area contributed by atoms with Crippen LogP contribution in [0.5, 0.6) is 0 Å². The van der Waals surface area contributed by atoms with Crippen molar-refractivity contribution >= 4 is 24.2 Å². The van der Waals surface area contributed by atoms with E-state index in [2.05, 4.69) is 23.7 Å². The van der Waals surface area contributed by atoms with Gasteiger partial charge in [-0.2, -0.15) is 0 Å². The van der Waals surface area contributed by atoms with Crippen LogP contribution in [0.1, 0.15) is 29.2 Å². The quantitative estimate of drug-likeness (QED) is 0.451. The van der Waals surface area contributed by atoms with Crippen molar-refractivity contribution < 1.29 is 0 Å². The van der Waals surface area contributed by atoms with Gasteiger partial charge >= 0.3 is 0 Å². The first-order chi connectivity index (χ1) is 9.65. The topological polar surface area (TPSA) is 64.4 Å². The van der Waals surface area contributed by atoms with Crippen molar-refractivity contribution in [3.05, 3.63) is 59.2 Å². The number of thiol groups is 1. The first-order valence-corrected chi connectivity index (χ1v) is 7.11. The van der Waals surface area contributed by atoms with Gasteiger partial charge in [-0.25, -0.2) is 4.99 Å². The third kappa shape index (κ3) is 2.44. The Morgan fingerprint density at radius 1 is 1.20 bits per heavy atom. The Hall–Kier alpha value is -1.78. The number of amidine groups is 1. The second kappa shape index (κ2) is 5.31. The van der Waals surface area contributed by atoms with Crippen LogP contribution in [-0.4, -0.2) is 5.84 Å². The molecule has 0 fully saturated rings. The molecule has 1 aliphatic carbocycles. The molecule has 0 aliphatic heterocycles. The van der Waals surface area contributed by atoms with Crippen LogP contribution in [0, 0.1) is 0 Å². The molecule has 2 aromatic carbocycles. The SMILES string of the molecule is NC(=Nc1ccc2c(c1)C(N)CC2)c1ccccc1S. The van der Waals surface area contributed by atoms with E-state index in [1.54, 1.807) is 0 Å². The van der Waals surface area contributed by atoms with Crippen LogP contribution in [-0.2, 0) is 6.42 Å². The molecule has 20 heavy (non-hydrogen) atoms. The van der Waals surface area contributed by atoms with E-state index in [1.807, 2.05) is 36.4 Å². The van der Waals surface area contributed by atoms with E-state index in [0.717, 1.165) is 29.0 Å². The lowest BCUT2D eigenvalue weighted by Gasteiger charge is -2.07. The van der Waals surface area contributed by atoms with Gasteiger partial charge in [0.2, 0.25) is 0 Å². The Kier molecular flexibility index (Phi) is 3.51. The predicted molar refractivity (Wildman–Crippen MR) is 85.8 cm³/mol. The number of nitrogens with two attached hydrogens (primary N) is 2. The summed E-state index contributed by atoms with van der Waals surface area (Å²) in [4.78, 5) is 5.32. The maximum absolute atomic E-state index is 6.09. The highest BCUT2D eigenvalue weighted by molar-refractivity contribution is 7.80. The molecule has 3 nitrogen and oxygen atoms in total. The zero-order chi connectivity index (χ0) is 14.1. The fourth-order valence-corrected chi connectivity index (χ4v) is 2.86. The van der Waals surface area contributed by atoms with Gasteiger partial charge in [0.05, 0.1) is 5.69 Å². The molecule has 1 aliphatic rings. The molecule has 0 amide bonds. The second-order valence-electron chi connectivity index (χ2n) is 5.04. The Balaban J connectivity index is 1.97. The van der Waals surface area contributed by atoms with Crippen molar-refractivity contribution in [1.82, 2.24) is 0 Å². The molecular formula is C16H17N3S. The number of aryl methyl sites for hydroxylation is 1. The lowest BCUT2D eigenvalue weighted by molar-refractivity contribution is 0.713. The van der Waals surface area contributed by atoms with Crippen molar-refractivity contribution in [1.29, 1.82) is 0 Å². The smallest absolute Gasteiger partial charge is 0.132 e. The Labute approximate surface area is 124 Å². The summed E-state index contributed by atoms with van der Waals surface area (Å²) in [6, 6.07) is 13.9. The summed E-state index contributed by atoms with van der Waals surface area (Å²) in [7, 11) is 0. The van der Waals surface area contributed by atoms with E-state index in [-0.39, 0.29) is 6.04 Å². The van der Waals surface area contributed by atoms with Crippen molar-refractivity contribution in [2.75, 3.05) is 0 Å². The molecule has 4 N–H and O–H groups in total. The molecule has 0 spiro atoms. The maximum Gasteiger partial charge on any atom is 0.132 e. The number of rotatable bonds is 2. The molecule has 0 aromatic heterocycles. The van der Waals surface area contributed by atoms with Gasteiger partial charge in [-0.3, -0.25) is 0 Å². The van der Waals surface area contributed by atoms with Crippen LogP contribution in [0.2, 0.25) is 0 Å². The first-order valence-electron chi connectivity index (χ1n) is 6.66. The monoisotopic (exact) mass is 283 g/mol. The summed E-state index contributed by atoms with van der Waals surface area (Å²) in [6.45, 7) is 0. The Morgan fingerprint density at radius 2 is 2.00 bits per heavy atom. The molecule has 2 aromatic rings. The van der Waals surface area contributed by atoms with E-state index in [9.17, 15) is 0 Å². The number of fused-ring (bicyclic) bond motifs is 1. The van der Waals surface area contributed by atoms with Crippen LogP contribution in [0.25, 0.3) is 0 Å². The van der Waals surface area contributed by atoms with Gasteiger partial charge in [0.15, 0.2) is 0 Å². The van der Waals surface area contributed by atoms with E-state index in [0.29, 0.717) is 5.84 Å². The highest BCUT2D eigenvalue weighted by atomic mass is 32.1. The number of hydrogen-bond donors (Lipinski definition) is 3. The summed E-state index contributed by atoms with van der Waals surface area (Å²) in [5.41, 5.74) is 16.4. The number of aliphatic imine (C=N–C) groups is 1. The average molecular weight is 283 g/mol. The van der Waals surface area contributed by atoms with Gasteiger partial charge in [-0.15, -0.1) is 12.6 Å². The zero-order valence-electron chi connectivity index (χ0n) is 11.1. The molecular weight excluding hydrogens is 266 g/mol. The summed E-state index contributed by atoms with van der Waals surface area (Å²) in [5.74, 6) is 0.474. The summed E-state index contributed by atoms with van der Waals surface area (Å²) < 4.78 is 0. The Morgan fingerprint density at radius 3 is 2.80 bits per heavy atom. The average Bonchev–Trinajstić information content (AvgIpc) is 2.81. The first kappa shape index (κ1) is 13.2. The largest absolute Gasteiger partial charge is 0.383 e. The third-order valence-electron chi connectivity index (χ3n) is 3.68. The third-order valence-corrected chi connectivity index (χ3v) is 4.07. The van der Waals surface area contributed by atoms with Gasteiger partial charge in [-0.05, 0) is 42.2 Å². The van der Waals surface area contributed by atoms with Crippen molar-refractivity contribution in [3.8, 4) is 0 Å². The summed E-state index contributed by atoms with van der Waals surface area (Å²) >= 11 is 4.40. The molecule has 1 unspecified atom stereocenters. The molecule has 102 valence electrons. The van der Waals surface area contributed by atoms with E-state index in [4.69, 9.17) is 11.5 Å². The minimum Gasteiger partial charge on any atom is -0.383 e. The summed E-state index contributed by atoms with van der Waals surface area (Å²) in [5, 5.41) is 0. The van der Waals surface area contributed by atoms with E-state index in [1.165, 1.54) is 11.1 Å². The Bertz CT molecular complexity index is 679. The summed E-state index contributed by atoms with van der Waals surface area (Å²) in [6.07, 6.45) is 2.06. The number of benzene rings is 2. The number of nitrogens with zero attached hydrogens (tertiary/aromatic N) is 1. The van der Waals surface area contributed by atoms with Crippen molar-refractivity contribution in [2.24, 2.45) is 16.5 Å². The molecule has 0 saturated heterocycles. The standard InChI is InChI=1S/C16H17N3S/c17-14-8-6-10-5-7-11(9-13(10)14)19-16(18)12-3-1-2-4-15(12)20/h1-5,7,9,14,20H,6,8,17H2,(H2,18,19). The molecule has 0 saturated carbocycles. The van der Waals surface area contributed by atoms with Crippen molar-refractivity contribution in [2.45, 2.75) is 23.8 Å². The van der Waals surface area contributed by atoms with E-state index >= 15 is 0 Å². The lowest BCUT2D eigenvalue weighted by Crippen LogP contribution is -2.13. The van der Waals surface area contributed by atoms with Crippen LogP contribution >= 0.6 is 12.6 Å². The zero-order valence-corrected chi connectivity index (χ0v) is 12.0. The highest BCUT2D eigenvalue weighted by Crippen LogP contribution is 2.32. The van der Waals surface area contributed by atoms with Gasteiger partial charge in [0, 0.05) is 16.5 Å². The molecule has 3 rings (SSSR count). The van der Waals surface area contributed by atoms with Gasteiger partial charge in [0.25, 0.3) is 0 Å². The molecule has 0 bridgehead atoms. The maximum atomic E-state index is 6.09. The van der Waals surface area contributed by atoms with Gasteiger partial charge in [0.1, 0.15) is 5.84 Å². The van der Waals surface area contributed by atoms with Gasteiger partial charge < -0.3 is 11.5 Å². The molecule has 1 atom stereocenters. The minimum absolute atomic E-state index is 0.124. The van der Waals surface area contributed by atoms with Crippen molar-refractivity contribution in [3.63, 3.8) is 0 Å². The van der Waals surface area contributed by atoms with E-state index < -0.39 is 0 Å². The van der Waals surface area contributed by atoms with Crippen LogP contribution < -0.4 is 11.5 Å². The fourth-order valence-electron chi connectivity index (χ4n) is 2.58. The van der Waals surface area contributed by atoms with Crippen LogP contribution in [0.3, 0.4) is 0 Å². The normalized spacial score (nSPS) is 18.1. The minimum atomic E-state index is 0.124. The fraction of sp³-hybridized carbons (Fsp3) is 0.188. The second-order valence-corrected chi connectivity index (χ2v) is 5.52. The lowest BCUT2D eigenvalue weighted by atomic mass is 10.1.